The van der Waals surface area contributed by atoms with Gasteiger partial charge in [0.1, 0.15) is 17.7 Å². The van der Waals surface area contributed by atoms with E-state index in [9.17, 15) is 14.3 Å². The highest BCUT2D eigenvalue weighted by atomic mass is 19.1. The van der Waals surface area contributed by atoms with Crippen LogP contribution in [-0.4, -0.2) is 74.3 Å². The van der Waals surface area contributed by atoms with Crippen molar-refractivity contribution >= 4 is 5.91 Å². The van der Waals surface area contributed by atoms with Crippen LogP contribution in [0.3, 0.4) is 0 Å². The number of rotatable bonds is 7. The molecule has 2 saturated heterocycles. The van der Waals surface area contributed by atoms with E-state index >= 15 is 0 Å². The Bertz CT molecular complexity index is 1170. The number of aliphatic hydroxyl groups excluding tert-OH is 1. The highest BCUT2D eigenvalue weighted by Gasteiger charge is 2.31. The van der Waals surface area contributed by atoms with Crippen LogP contribution in [0.15, 0.2) is 41.1 Å². The number of nitrogens with zero attached hydrogens (tertiary/aromatic N) is 5. The van der Waals surface area contributed by atoms with Crippen molar-refractivity contribution in [3.8, 4) is 17.0 Å². The zero-order valence-electron chi connectivity index (χ0n) is 19.0. The molecule has 10 heteroatoms. The molecular weight excluding hydrogens is 441 g/mol. The molecule has 1 aromatic carbocycles. The highest BCUT2D eigenvalue weighted by Crippen LogP contribution is 2.25. The van der Waals surface area contributed by atoms with Gasteiger partial charge in [0.05, 0.1) is 30.1 Å². The lowest BCUT2D eigenvalue weighted by Crippen LogP contribution is -2.53. The van der Waals surface area contributed by atoms with Crippen LogP contribution < -0.4 is 4.74 Å². The van der Waals surface area contributed by atoms with E-state index in [0.717, 1.165) is 13.1 Å². The number of likely N-dealkylation sites (tertiary alicyclic amines) is 2. The third-order valence-corrected chi connectivity index (χ3v) is 5.97. The fourth-order valence-corrected chi connectivity index (χ4v) is 3.94. The van der Waals surface area contributed by atoms with E-state index in [4.69, 9.17) is 9.26 Å². The molecule has 3 aromatic rings. The number of β-amino-alcohol motifs (C(OH)–C–C–N with tert-alkyl or cyclic N) is 1. The third kappa shape index (κ3) is 4.64. The van der Waals surface area contributed by atoms with Crippen molar-refractivity contribution in [3.05, 3.63) is 59.6 Å². The molecule has 9 nitrogen and oxygen atoms in total. The van der Waals surface area contributed by atoms with E-state index in [1.807, 2.05) is 13.8 Å². The second-order valence-corrected chi connectivity index (χ2v) is 9.07. The molecule has 0 bridgehead atoms. The predicted molar refractivity (Wildman–Crippen MR) is 120 cm³/mol. The lowest BCUT2D eigenvalue weighted by Gasteiger charge is -2.37. The molecule has 0 unspecified atom stereocenters. The number of halogens is 1. The maximum Gasteiger partial charge on any atom is 0.257 e. The molecule has 2 aliphatic rings. The molecule has 0 atom stereocenters. The summed E-state index contributed by atoms with van der Waals surface area (Å²) in [6.45, 7) is 6.60. The third-order valence-electron chi connectivity index (χ3n) is 5.97. The lowest BCUT2D eigenvalue weighted by molar-refractivity contribution is 0.00559. The summed E-state index contributed by atoms with van der Waals surface area (Å²) < 4.78 is 25.8. The van der Waals surface area contributed by atoms with E-state index in [2.05, 4.69) is 20.0 Å². The second kappa shape index (κ2) is 9.11. The van der Waals surface area contributed by atoms with Gasteiger partial charge >= 0.3 is 0 Å². The zero-order valence-corrected chi connectivity index (χ0v) is 19.0. The lowest BCUT2D eigenvalue weighted by atomic mass is 10.0. The minimum absolute atomic E-state index is 0.00824. The molecule has 0 saturated carbocycles. The van der Waals surface area contributed by atoms with E-state index in [1.165, 1.54) is 17.0 Å². The monoisotopic (exact) mass is 467 g/mol. The summed E-state index contributed by atoms with van der Waals surface area (Å²) in [5.74, 6) is 1.17. The second-order valence-electron chi connectivity index (χ2n) is 9.07. The van der Waals surface area contributed by atoms with Crippen molar-refractivity contribution in [2.45, 2.75) is 38.5 Å². The summed E-state index contributed by atoms with van der Waals surface area (Å²) in [5, 5.41) is 13.3. The quantitative estimate of drug-likeness (QED) is 0.565. The molecule has 1 N–H and O–H groups in total. The first-order valence-electron chi connectivity index (χ1n) is 11.3. The number of amides is 1. The van der Waals surface area contributed by atoms with Crippen LogP contribution in [0.25, 0.3) is 11.3 Å². The Balaban J connectivity index is 1.14. The zero-order chi connectivity index (χ0) is 23.8. The molecule has 4 heterocycles. The number of benzene rings is 1. The molecule has 2 aliphatic heterocycles. The normalized spacial score (nSPS) is 17.0. The largest absolute Gasteiger partial charge is 0.486 e. The molecule has 1 amide bonds. The van der Waals surface area contributed by atoms with Gasteiger partial charge < -0.3 is 19.3 Å². The first-order valence-corrected chi connectivity index (χ1v) is 11.3. The van der Waals surface area contributed by atoms with Crippen molar-refractivity contribution in [2.24, 2.45) is 0 Å². The maximum atomic E-state index is 14.6. The van der Waals surface area contributed by atoms with Gasteiger partial charge in [-0.3, -0.25) is 14.7 Å². The Morgan fingerprint density at radius 2 is 2.03 bits per heavy atom. The van der Waals surface area contributed by atoms with Gasteiger partial charge in [0.15, 0.2) is 5.82 Å². The molecule has 5 rings (SSSR count). The number of pyridine rings is 1. The van der Waals surface area contributed by atoms with Crippen LogP contribution in [0.5, 0.6) is 5.75 Å². The summed E-state index contributed by atoms with van der Waals surface area (Å²) in [6, 6.07) is 8.00. The standard InChI is InChI=1S/C24H26FN5O4/c1-14(2)23-27-22(34-28-23)13-29-11-18(12-29)33-17-4-6-21(26-8-17)15-3-5-19(20(25)7-15)24(32)30-9-16(31)10-30/h3-8,14,16,18,31H,9-13H2,1-2H3. The van der Waals surface area contributed by atoms with Crippen molar-refractivity contribution in [2.75, 3.05) is 26.2 Å². The van der Waals surface area contributed by atoms with Gasteiger partial charge in [0.25, 0.3) is 5.91 Å². The van der Waals surface area contributed by atoms with Crippen LogP contribution in [0.1, 0.15) is 41.8 Å². The van der Waals surface area contributed by atoms with Crippen LogP contribution >= 0.6 is 0 Å². The Hall–Kier alpha value is -3.37. The molecule has 0 aliphatic carbocycles. The number of carbonyl (C=O) groups excluding carboxylic acids is 1. The summed E-state index contributed by atoms with van der Waals surface area (Å²) in [7, 11) is 0. The fraction of sp³-hybridized carbons (Fsp3) is 0.417. The first-order chi connectivity index (χ1) is 16.4. The molecule has 0 spiro atoms. The smallest absolute Gasteiger partial charge is 0.257 e. The summed E-state index contributed by atoms with van der Waals surface area (Å²) in [4.78, 5) is 24.7. The van der Waals surface area contributed by atoms with Crippen LogP contribution in [0.2, 0.25) is 0 Å². The average molecular weight is 468 g/mol. The molecule has 0 radical (unpaired) electrons. The maximum absolute atomic E-state index is 14.6. The van der Waals surface area contributed by atoms with Gasteiger partial charge in [-0.05, 0) is 24.3 Å². The van der Waals surface area contributed by atoms with Crippen molar-refractivity contribution < 1.29 is 23.6 Å². The van der Waals surface area contributed by atoms with Gasteiger partial charge in [-0.15, -0.1) is 0 Å². The van der Waals surface area contributed by atoms with E-state index in [0.29, 0.717) is 35.3 Å². The van der Waals surface area contributed by atoms with Gasteiger partial charge in [-0.2, -0.15) is 4.98 Å². The summed E-state index contributed by atoms with van der Waals surface area (Å²) in [5.41, 5.74) is 1.14. The molecule has 34 heavy (non-hydrogen) atoms. The summed E-state index contributed by atoms with van der Waals surface area (Å²) >= 11 is 0. The molecule has 2 fully saturated rings. The van der Waals surface area contributed by atoms with Gasteiger partial charge in [-0.25, -0.2) is 4.39 Å². The van der Waals surface area contributed by atoms with E-state index in [1.54, 1.807) is 24.4 Å². The number of carbonyl (C=O) groups is 1. The molecular formula is C24H26FN5O4. The number of aliphatic hydroxyl groups is 1. The Morgan fingerprint density at radius 3 is 2.65 bits per heavy atom. The average Bonchev–Trinajstić information content (AvgIpc) is 3.24. The van der Waals surface area contributed by atoms with Crippen molar-refractivity contribution in [3.63, 3.8) is 0 Å². The number of ether oxygens (including phenoxy) is 1. The fourth-order valence-electron chi connectivity index (χ4n) is 3.94. The van der Waals surface area contributed by atoms with Crippen LogP contribution in [0, 0.1) is 5.82 Å². The molecule has 178 valence electrons. The van der Waals surface area contributed by atoms with Gasteiger partial charge in [0.2, 0.25) is 5.89 Å². The summed E-state index contributed by atoms with van der Waals surface area (Å²) in [6.07, 6.45) is 1.13. The number of aromatic nitrogens is 3. The van der Waals surface area contributed by atoms with Crippen LogP contribution in [0.4, 0.5) is 4.39 Å². The Labute approximate surface area is 196 Å². The Kier molecular flexibility index (Phi) is 6.01. The Morgan fingerprint density at radius 1 is 1.24 bits per heavy atom. The minimum Gasteiger partial charge on any atom is -0.486 e. The van der Waals surface area contributed by atoms with Crippen LogP contribution in [-0.2, 0) is 6.54 Å². The van der Waals surface area contributed by atoms with Crippen molar-refractivity contribution in [1.29, 1.82) is 0 Å². The first kappa shape index (κ1) is 22.4. The number of hydrogen-bond acceptors (Lipinski definition) is 8. The predicted octanol–water partition coefficient (Wildman–Crippen LogP) is 2.47. The minimum atomic E-state index is -0.609. The topological polar surface area (TPSA) is 105 Å². The van der Waals surface area contributed by atoms with Gasteiger partial charge in [-0.1, -0.05) is 25.1 Å². The van der Waals surface area contributed by atoms with E-state index in [-0.39, 0.29) is 30.7 Å². The molecule has 2 aromatic heterocycles. The van der Waals surface area contributed by atoms with Crippen molar-refractivity contribution in [1.82, 2.24) is 24.9 Å². The SMILES string of the molecule is CC(C)c1noc(CN2CC(Oc3ccc(-c4ccc(C(=O)N5CC(O)C5)c(F)c4)nc3)C2)n1. The van der Waals surface area contributed by atoms with E-state index < -0.39 is 17.8 Å². The highest BCUT2D eigenvalue weighted by molar-refractivity contribution is 5.95. The number of hydrogen-bond donors (Lipinski definition) is 1. The van der Waals surface area contributed by atoms with Gasteiger partial charge in [0, 0.05) is 37.7 Å².